The molecule has 1 saturated heterocycles. The van der Waals surface area contributed by atoms with Gasteiger partial charge in [-0.2, -0.15) is 0 Å². The molecule has 1 aliphatic heterocycles. The van der Waals surface area contributed by atoms with E-state index in [0.29, 0.717) is 30.2 Å². The van der Waals surface area contributed by atoms with Crippen molar-refractivity contribution >= 4 is 17.7 Å². The molecule has 1 aromatic carbocycles. The summed E-state index contributed by atoms with van der Waals surface area (Å²) in [5.74, 6) is 0.500. The maximum Gasteiger partial charge on any atom is 0.410 e. The molecule has 2 fully saturated rings. The van der Waals surface area contributed by atoms with Crippen molar-refractivity contribution in [1.29, 1.82) is 0 Å². The topological polar surface area (TPSA) is 102 Å². The molecule has 0 spiro atoms. The fourth-order valence-electron chi connectivity index (χ4n) is 4.05. The smallest absolute Gasteiger partial charge is 0.410 e. The van der Waals surface area contributed by atoms with Crippen molar-refractivity contribution in [3.63, 3.8) is 0 Å². The summed E-state index contributed by atoms with van der Waals surface area (Å²) < 4.78 is 5.49. The van der Waals surface area contributed by atoms with E-state index in [1.54, 1.807) is 17.3 Å². The number of hydrogen-bond acceptors (Lipinski definition) is 6. The molecule has 32 heavy (non-hydrogen) atoms. The van der Waals surface area contributed by atoms with Gasteiger partial charge in [0.2, 0.25) is 0 Å². The van der Waals surface area contributed by atoms with Crippen molar-refractivity contribution in [2.24, 2.45) is 0 Å². The van der Waals surface area contributed by atoms with Gasteiger partial charge in [-0.15, -0.1) is 0 Å². The zero-order chi connectivity index (χ0) is 22.9. The Balaban J connectivity index is 1.42. The number of carbonyl (C=O) groups is 2. The summed E-state index contributed by atoms with van der Waals surface area (Å²) in [4.78, 5) is 38.2. The molecule has 8 heteroatoms. The molecular weight excluding hydrogens is 406 g/mol. The SMILES string of the molecule is CC(C)(C)OC(=O)N1CCC(N(C(=O)c2cnc(-c3cccc(N)c3)nc2)C2CC2)CC1. The molecule has 0 radical (unpaired) electrons. The highest BCUT2D eigenvalue weighted by atomic mass is 16.6. The third kappa shape index (κ3) is 5.18. The fourth-order valence-corrected chi connectivity index (χ4v) is 4.05. The summed E-state index contributed by atoms with van der Waals surface area (Å²) in [5, 5.41) is 0. The molecule has 170 valence electrons. The Hall–Kier alpha value is -3.16. The van der Waals surface area contributed by atoms with Gasteiger partial charge in [0.05, 0.1) is 5.56 Å². The minimum atomic E-state index is -0.512. The average Bonchev–Trinajstić information content (AvgIpc) is 3.58. The van der Waals surface area contributed by atoms with Crippen molar-refractivity contribution in [3.8, 4) is 11.4 Å². The van der Waals surface area contributed by atoms with Crippen LogP contribution in [0.25, 0.3) is 11.4 Å². The number of likely N-dealkylation sites (tertiary alicyclic amines) is 1. The van der Waals surface area contributed by atoms with E-state index in [1.165, 1.54) is 0 Å². The number of aromatic nitrogens is 2. The second-order valence-corrected chi connectivity index (χ2v) is 9.56. The Morgan fingerprint density at radius 2 is 1.69 bits per heavy atom. The number of benzene rings is 1. The summed E-state index contributed by atoms with van der Waals surface area (Å²) in [5.41, 5.74) is 7.28. The molecular formula is C24H31N5O3. The van der Waals surface area contributed by atoms with Gasteiger partial charge in [0.1, 0.15) is 5.60 Å². The van der Waals surface area contributed by atoms with Gasteiger partial charge in [0, 0.05) is 48.8 Å². The number of nitrogen functional groups attached to an aromatic ring is 1. The molecule has 2 aliphatic rings. The third-order valence-electron chi connectivity index (χ3n) is 5.73. The van der Waals surface area contributed by atoms with E-state index >= 15 is 0 Å². The van der Waals surface area contributed by atoms with Gasteiger partial charge < -0.3 is 20.3 Å². The molecule has 0 unspecified atom stereocenters. The molecule has 1 aliphatic carbocycles. The highest BCUT2D eigenvalue weighted by molar-refractivity contribution is 5.94. The van der Waals surface area contributed by atoms with Crippen LogP contribution in [0.3, 0.4) is 0 Å². The van der Waals surface area contributed by atoms with Gasteiger partial charge >= 0.3 is 6.09 Å². The fraction of sp³-hybridized carbons (Fsp3) is 0.500. The van der Waals surface area contributed by atoms with Crippen molar-refractivity contribution in [2.45, 2.75) is 64.1 Å². The van der Waals surface area contributed by atoms with E-state index in [2.05, 4.69) is 9.97 Å². The number of piperidine rings is 1. The van der Waals surface area contributed by atoms with Crippen LogP contribution < -0.4 is 5.73 Å². The summed E-state index contributed by atoms with van der Waals surface area (Å²) >= 11 is 0. The first kappa shape index (κ1) is 22.0. The highest BCUT2D eigenvalue weighted by Gasteiger charge is 2.40. The molecule has 2 amide bonds. The lowest BCUT2D eigenvalue weighted by Gasteiger charge is -2.39. The second-order valence-electron chi connectivity index (χ2n) is 9.56. The monoisotopic (exact) mass is 437 g/mol. The molecule has 2 N–H and O–H groups in total. The van der Waals surface area contributed by atoms with Crippen molar-refractivity contribution < 1.29 is 14.3 Å². The molecule has 2 aromatic rings. The number of hydrogen-bond donors (Lipinski definition) is 1. The van der Waals surface area contributed by atoms with E-state index in [4.69, 9.17) is 10.5 Å². The third-order valence-corrected chi connectivity index (χ3v) is 5.73. The molecule has 1 aromatic heterocycles. The Bertz CT molecular complexity index is 974. The first-order valence-electron chi connectivity index (χ1n) is 11.2. The zero-order valence-corrected chi connectivity index (χ0v) is 19.0. The van der Waals surface area contributed by atoms with E-state index in [9.17, 15) is 9.59 Å². The number of nitrogens with two attached hydrogens (primary N) is 1. The van der Waals surface area contributed by atoms with Gasteiger partial charge in [-0.25, -0.2) is 14.8 Å². The lowest BCUT2D eigenvalue weighted by molar-refractivity contribution is 0.0142. The molecule has 2 heterocycles. The molecule has 0 bridgehead atoms. The van der Waals surface area contributed by atoms with Crippen LogP contribution in [-0.4, -0.2) is 62.5 Å². The second kappa shape index (κ2) is 8.76. The largest absolute Gasteiger partial charge is 0.444 e. The predicted molar refractivity (Wildman–Crippen MR) is 122 cm³/mol. The van der Waals surface area contributed by atoms with Crippen LogP contribution in [0.15, 0.2) is 36.7 Å². The maximum absolute atomic E-state index is 13.4. The van der Waals surface area contributed by atoms with Crippen LogP contribution in [0.2, 0.25) is 0 Å². The Morgan fingerprint density at radius 3 is 2.25 bits per heavy atom. The summed E-state index contributed by atoms with van der Waals surface area (Å²) in [7, 11) is 0. The number of nitrogens with zero attached hydrogens (tertiary/aromatic N) is 4. The van der Waals surface area contributed by atoms with Gasteiger partial charge in [-0.3, -0.25) is 4.79 Å². The Labute approximate surface area is 188 Å². The first-order valence-corrected chi connectivity index (χ1v) is 11.2. The molecule has 1 saturated carbocycles. The van der Waals surface area contributed by atoms with Gasteiger partial charge in [-0.05, 0) is 58.6 Å². The van der Waals surface area contributed by atoms with E-state index in [1.807, 2.05) is 49.9 Å². The number of rotatable bonds is 4. The Morgan fingerprint density at radius 1 is 1.06 bits per heavy atom. The molecule has 4 rings (SSSR count). The van der Waals surface area contributed by atoms with Crippen molar-refractivity contribution in [3.05, 3.63) is 42.2 Å². The van der Waals surface area contributed by atoms with Gasteiger partial charge in [0.15, 0.2) is 5.82 Å². The van der Waals surface area contributed by atoms with Crippen LogP contribution in [0.4, 0.5) is 10.5 Å². The van der Waals surface area contributed by atoms with Crippen LogP contribution in [0.5, 0.6) is 0 Å². The Kier molecular flexibility index (Phi) is 6.04. The van der Waals surface area contributed by atoms with Crippen molar-refractivity contribution in [2.75, 3.05) is 18.8 Å². The maximum atomic E-state index is 13.4. The standard InChI is InChI=1S/C24H31N5O3/c1-24(2,3)32-23(31)28-11-9-20(10-12-28)29(19-7-8-19)22(30)17-14-26-21(27-15-17)16-5-4-6-18(25)13-16/h4-6,13-15,19-20H,7-12,25H2,1-3H3. The summed E-state index contributed by atoms with van der Waals surface area (Å²) in [6.45, 7) is 6.77. The minimum absolute atomic E-state index is 0.0395. The number of anilines is 1. The van der Waals surface area contributed by atoms with Crippen LogP contribution in [-0.2, 0) is 4.74 Å². The lowest BCUT2D eigenvalue weighted by atomic mass is 10.0. The van der Waals surface area contributed by atoms with Crippen molar-refractivity contribution in [1.82, 2.24) is 19.8 Å². The average molecular weight is 438 g/mol. The lowest BCUT2D eigenvalue weighted by Crippen LogP contribution is -2.50. The van der Waals surface area contributed by atoms with Crippen LogP contribution >= 0.6 is 0 Å². The van der Waals surface area contributed by atoms with Crippen LogP contribution in [0.1, 0.15) is 56.8 Å². The number of amides is 2. The van der Waals surface area contributed by atoms with E-state index in [0.717, 1.165) is 31.2 Å². The zero-order valence-electron chi connectivity index (χ0n) is 19.0. The molecule has 8 nitrogen and oxygen atoms in total. The van der Waals surface area contributed by atoms with Crippen LogP contribution in [0, 0.1) is 0 Å². The molecule has 0 atom stereocenters. The van der Waals surface area contributed by atoms with E-state index in [-0.39, 0.29) is 24.1 Å². The van der Waals surface area contributed by atoms with Gasteiger partial charge in [-0.1, -0.05) is 12.1 Å². The highest BCUT2D eigenvalue weighted by Crippen LogP contribution is 2.33. The summed E-state index contributed by atoms with van der Waals surface area (Å²) in [6, 6.07) is 7.72. The first-order chi connectivity index (χ1) is 15.2. The number of carbonyl (C=O) groups excluding carboxylic acids is 2. The number of ether oxygens (including phenoxy) is 1. The van der Waals surface area contributed by atoms with E-state index < -0.39 is 5.60 Å². The minimum Gasteiger partial charge on any atom is -0.444 e. The normalized spacial score (nSPS) is 17.2. The van der Waals surface area contributed by atoms with Gasteiger partial charge in [0.25, 0.3) is 5.91 Å². The quantitative estimate of drug-likeness (QED) is 0.732. The summed E-state index contributed by atoms with van der Waals surface area (Å²) in [6.07, 6.45) is 6.41. The predicted octanol–water partition coefficient (Wildman–Crippen LogP) is 3.73.